The van der Waals surface area contributed by atoms with Crippen LogP contribution in [0.5, 0.6) is 5.75 Å². The lowest BCUT2D eigenvalue weighted by Crippen LogP contribution is -2.38. The van der Waals surface area contributed by atoms with Gasteiger partial charge in [-0.1, -0.05) is 12.1 Å². The second kappa shape index (κ2) is 12.6. The molecule has 162 valence electrons. The number of hydrogen-bond donors (Lipinski definition) is 2. The van der Waals surface area contributed by atoms with E-state index in [2.05, 4.69) is 20.6 Å². The van der Waals surface area contributed by atoms with Crippen molar-refractivity contribution in [1.82, 2.24) is 20.2 Å². The highest BCUT2D eigenvalue weighted by molar-refractivity contribution is 14.0. The summed E-state index contributed by atoms with van der Waals surface area (Å²) in [6.07, 6.45) is 1.90. The average molecular weight is 525 g/mol. The van der Waals surface area contributed by atoms with Crippen molar-refractivity contribution >= 4 is 29.9 Å². The summed E-state index contributed by atoms with van der Waals surface area (Å²) in [4.78, 5) is 8.46. The molecule has 0 saturated carbocycles. The summed E-state index contributed by atoms with van der Waals surface area (Å²) in [5.41, 5.74) is 1.43. The molecule has 0 spiro atoms. The highest BCUT2D eigenvalue weighted by atomic mass is 127. The number of alkyl halides is 3. The van der Waals surface area contributed by atoms with Crippen LogP contribution in [0.1, 0.15) is 24.5 Å². The number of imidazole rings is 1. The van der Waals surface area contributed by atoms with E-state index >= 15 is 0 Å². The van der Waals surface area contributed by atoms with Gasteiger partial charge in [0.05, 0.1) is 12.9 Å². The molecule has 2 N–H and O–H groups in total. The lowest BCUT2D eigenvalue weighted by molar-refractivity contribution is -0.153. The van der Waals surface area contributed by atoms with Gasteiger partial charge in [0.2, 0.25) is 0 Å². The number of rotatable bonds is 9. The Bertz CT molecular complexity index is 751. The van der Waals surface area contributed by atoms with Crippen molar-refractivity contribution < 1.29 is 17.9 Å². The van der Waals surface area contributed by atoms with Gasteiger partial charge in [-0.3, -0.25) is 0 Å². The minimum Gasteiger partial charge on any atom is -0.484 e. The van der Waals surface area contributed by atoms with Crippen LogP contribution in [0.3, 0.4) is 0 Å². The molecule has 0 aliphatic heterocycles. The number of nitrogens with one attached hydrogen (secondary N) is 2. The molecule has 2 rings (SSSR count). The zero-order valence-corrected chi connectivity index (χ0v) is 18.8. The normalized spacial score (nSPS) is 11.7. The number of nitrogens with zero attached hydrogens (tertiary/aromatic N) is 3. The standard InChI is InChI=1S/C19H26F3N5O.HI/c1-3-24-18(25-7-4-9-27-10-8-23-14-27)26-12-16-6-5-15(2)11-17(16)28-13-19(20,21)22;/h5-6,8,10-11,14H,3-4,7,9,12-13H2,1-2H3,(H2,24,25,26);1H. The number of benzene rings is 1. The number of aliphatic imine (C=N–C) groups is 1. The number of aryl methyl sites for hydroxylation is 2. The predicted octanol–water partition coefficient (Wildman–Crippen LogP) is 3.90. The molecule has 1 heterocycles. The number of hydrogen-bond acceptors (Lipinski definition) is 3. The summed E-state index contributed by atoms with van der Waals surface area (Å²) in [5.74, 6) is 0.813. The van der Waals surface area contributed by atoms with E-state index in [0.717, 1.165) is 18.5 Å². The molecule has 1 aromatic heterocycles. The van der Waals surface area contributed by atoms with Gasteiger partial charge in [-0.15, -0.1) is 24.0 Å². The molecule has 1 aromatic carbocycles. The fourth-order valence-electron chi connectivity index (χ4n) is 2.48. The quantitative estimate of drug-likeness (QED) is 0.226. The molecule has 0 saturated heterocycles. The van der Waals surface area contributed by atoms with Crippen LogP contribution in [-0.2, 0) is 13.1 Å². The Labute approximate surface area is 186 Å². The molecule has 0 amide bonds. The van der Waals surface area contributed by atoms with Crippen LogP contribution >= 0.6 is 24.0 Å². The first kappa shape index (κ1) is 25.1. The van der Waals surface area contributed by atoms with Crippen LogP contribution in [-0.4, -0.2) is 41.4 Å². The largest absolute Gasteiger partial charge is 0.484 e. The molecular formula is C19H27F3IN5O. The molecule has 0 fully saturated rings. The van der Waals surface area contributed by atoms with Crippen molar-refractivity contribution in [2.24, 2.45) is 4.99 Å². The molecule has 0 atom stereocenters. The third-order valence-corrected chi connectivity index (χ3v) is 3.81. The maximum absolute atomic E-state index is 12.5. The van der Waals surface area contributed by atoms with Gasteiger partial charge in [-0.25, -0.2) is 9.98 Å². The Hall–Kier alpha value is -1.98. The predicted molar refractivity (Wildman–Crippen MR) is 118 cm³/mol. The van der Waals surface area contributed by atoms with Gasteiger partial charge in [0.1, 0.15) is 5.75 Å². The van der Waals surface area contributed by atoms with Gasteiger partial charge >= 0.3 is 6.18 Å². The van der Waals surface area contributed by atoms with Gasteiger partial charge < -0.3 is 19.9 Å². The van der Waals surface area contributed by atoms with Crippen molar-refractivity contribution in [3.63, 3.8) is 0 Å². The van der Waals surface area contributed by atoms with Crippen molar-refractivity contribution in [2.45, 2.75) is 39.5 Å². The van der Waals surface area contributed by atoms with Crippen LogP contribution < -0.4 is 15.4 Å². The Morgan fingerprint density at radius 1 is 1.28 bits per heavy atom. The molecule has 0 bridgehead atoms. The summed E-state index contributed by atoms with van der Waals surface area (Å²) in [6.45, 7) is 4.86. The van der Waals surface area contributed by atoms with E-state index in [9.17, 15) is 13.2 Å². The van der Waals surface area contributed by atoms with E-state index in [-0.39, 0.29) is 36.3 Å². The number of halogens is 4. The highest BCUT2D eigenvalue weighted by Crippen LogP contribution is 2.24. The zero-order chi connectivity index (χ0) is 20.4. The first-order valence-electron chi connectivity index (χ1n) is 9.14. The second-order valence-corrected chi connectivity index (χ2v) is 6.29. The van der Waals surface area contributed by atoms with Crippen molar-refractivity contribution in [3.05, 3.63) is 48.0 Å². The molecule has 0 radical (unpaired) electrons. The van der Waals surface area contributed by atoms with Gasteiger partial charge in [0.15, 0.2) is 12.6 Å². The van der Waals surface area contributed by atoms with Crippen LogP contribution in [0, 0.1) is 6.92 Å². The Balaban J connectivity index is 0.00000420. The molecule has 0 aliphatic carbocycles. The van der Waals surface area contributed by atoms with Crippen LogP contribution in [0.2, 0.25) is 0 Å². The first-order valence-corrected chi connectivity index (χ1v) is 9.14. The van der Waals surface area contributed by atoms with Gasteiger partial charge in [0.25, 0.3) is 0 Å². The Morgan fingerprint density at radius 3 is 2.72 bits per heavy atom. The van der Waals surface area contributed by atoms with E-state index < -0.39 is 12.8 Å². The Kier molecular flexibility index (Phi) is 10.8. The third kappa shape index (κ3) is 9.86. The van der Waals surface area contributed by atoms with Crippen molar-refractivity contribution in [3.8, 4) is 5.75 Å². The summed E-state index contributed by atoms with van der Waals surface area (Å²) < 4.78 is 44.4. The highest BCUT2D eigenvalue weighted by Gasteiger charge is 2.28. The maximum Gasteiger partial charge on any atom is 0.422 e. The minimum absolute atomic E-state index is 0. The smallest absolute Gasteiger partial charge is 0.422 e. The summed E-state index contributed by atoms with van der Waals surface area (Å²) in [5, 5.41) is 6.36. The van der Waals surface area contributed by atoms with E-state index in [1.54, 1.807) is 31.6 Å². The molecule has 0 aliphatic rings. The van der Waals surface area contributed by atoms with E-state index in [1.807, 2.05) is 23.8 Å². The average Bonchev–Trinajstić information content (AvgIpc) is 3.15. The monoisotopic (exact) mass is 525 g/mol. The summed E-state index contributed by atoms with van der Waals surface area (Å²) in [6, 6.07) is 5.17. The lowest BCUT2D eigenvalue weighted by Gasteiger charge is -2.14. The third-order valence-electron chi connectivity index (χ3n) is 3.81. The fraction of sp³-hybridized carbons (Fsp3) is 0.474. The molecular weight excluding hydrogens is 498 g/mol. The second-order valence-electron chi connectivity index (χ2n) is 6.29. The van der Waals surface area contributed by atoms with Crippen molar-refractivity contribution in [2.75, 3.05) is 19.7 Å². The van der Waals surface area contributed by atoms with E-state index in [0.29, 0.717) is 24.6 Å². The van der Waals surface area contributed by atoms with Crippen LogP contribution in [0.4, 0.5) is 13.2 Å². The molecule has 6 nitrogen and oxygen atoms in total. The number of aromatic nitrogens is 2. The van der Waals surface area contributed by atoms with E-state index in [4.69, 9.17) is 4.74 Å². The number of ether oxygens (including phenoxy) is 1. The summed E-state index contributed by atoms with van der Waals surface area (Å²) in [7, 11) is 0. The minimum atomic E-state index is -4.38. The molecule has 10 heteroatoms. The van der Waals surface area contributed by atoms with Crippen molar-refractivity contribution in [1.29, 1.82) is 0 Å². The maximum atomic E-state index is 12.5. The molecule has 0 unspecified atom stereocenters. The van der Waals surface area contributed by atoms with Crippen LogP contribution in [0.15, 0.2) is 41.9 Å². The topological polar surface area (TPSA) is 63.5 Å². The van der Waals surface area contributed by atoms with E-state index in [1.165, 1.54) is 0 Å². The first-order chi connectivity index (χ1) is 13.4. The SMILES string of the molecule is CCNC(=NCc1ccc(C)cc1OCC(F)(F)F)NCCCn1ccnc1.I. The van der Waals surface area contributed by atoms with Gasteiger partial charge in [-0.05, 0) is 31.9 Å². The fourth-order valence-corrected chi connectivity index (χ4v) is 2.48. The zero-order valence-electron chi connectivity index (χ0n) is 16.5. The lowest BCUT2D eigenvalue weighted by atomic mass is 10.1. The van der Waals surface area contributed by atoms with Gasteiger partial charge in [-0.2, -0.15) is 13.2 Å². The molecule has 29 heavy (non-hydrogen) atoms. The Morgan fingerprint density at radius 2 is 2.07 bits per heavy atom. The van der Waals surface area contributed by atoms with Crippen LogP contribution in [0.25, 0.3) is 0 Å². The summed E-state index contributed by atoms with van der Waals surface area (Å²) >= 11 is 0. The van der Waals surface area contributed by atoms with Gasteiger partial charge in [0, 0.05) is 37.6 Å². The number of guanidine groups is 1. The molecule has 2 aromatic rings.